The van der Waals surface area contributed by atoms with Gasteiger partial charge in [-0.05, 0) is 50.2 Å². The highest BCUT2D eigenvalue weighted by Gasteiger charge is 2.36. The van der Waals surface area contributed by atoms with Crippen molar-refractivity contribution in [2.45, 2.75) is 13.8 Å². The van der Waals surface area contributed by atoms with Gasteiger partial charge in [0.05, 0.1) is 16.8 Å². The number of Topliss-reactive ketones (excluding diaryl/α,β-unsaturated/α-hetero) is 2. The summed E-state index contributed by atoms with van der Waals surface area (Å²) in [6, 6.07) is 10.7. The Labute approximate surface area is 132 Å². The molecule has 0 fully saturated rings. The Balaban J connectivity index is 2.02. The second-order valence-corrected chi connectivity index (χ2v) is 5.37. The van der Waals surface area contributed by atoms with E-state index >= 15 is 0 Å². The molecule has 1 aliphatic rings. The molecular formula is C18H13NO4. The first-order chi connectivity index (χ1) is 10.9. The van der Waals surface area contributed by atoms with Crippen molar-refractivity contribution in [1.82, 2.24) is 0 Å². The molecule has 23 heavy (non-hydrogen) atoms. The zero-order chi connectivity index (χ0) is 16.7. The van der Waals surface area contributed by atoms with Crippen LogP contribution in [0.3, 0.4) is 0 Å². The van der Waals surface area contributed by atoms with Gasteiger partial charge in [0.1, 0.15) is 0 Å². The van der Waals surface area contributed by atoms with Crippen LogP contribution in [0, 0.1) is 0 Å². The van der Waals surface area contributed by atoms with E-state index in [1.807, 2.05) is 0 Å². The van der Waals surface area contributed by atoms with E-state index in [0.717, 1.165) is 4.90 Å². The summed E-state index contributed by atoms with van der Waals surface area (Å²) in [5.41, 5.74) is 1.78. The quantitative estimate of drug-likeness (QED) is 0.645. The van der Waals surface area contributed by atoms with Gasteiger partial charge in [0, 0.05) is 11.1 Å². The molecule has 3 rings (SSSR count). The number of rotatable bonds is 3. The highest BCUT2D eigenvalue weighted by atomic mass is 16.2. The van der Waals surface area contributed by atoms with Gasteiger partial charge in [0.15, 0.2) is 11.6 Å². The van der Waals surface area contributed by atoms with Gasteiger partial charge in [-0.15, -0.1) is 0 Å². The Kier molecular flexibility index (Phi) is 3.41. The zero-order valence-corrected chi connectivity index (χ0v) is 12.6. The molecule has 0 N–H and O–H groups in total. The minimum atomic E-state index is -0.469. The summed E-state index contributed by atoms with van der Waals surface area (Å²) in [7, 11) is 0. The van der Waals surface area contributed by atoms with Crippen molar-refractivity contribution < 1.29 is 19.2 Å². The number of hydrogen-bond acceptors (Lipinski definition) is 4. The summed E-state index contributed by atoms with van der Waals surface area (Å²) >= 11 is 0. The fraction of sp³-hybridized carbons (Fsp3) is 0.111. The number of carbonyl (C=O) groups is 4. The molecule has 2 aromatic carbocycles. The number of carbonyl (C=O) groups excluding carboxylic acids is 4. The normalized spacial score (nSPS) is 13.2. The average Bonchev–Trinajstić information content (AvgIpc) is 2.78. The van der Waals surface area contributed by atoms with Crippen molar-refractivity contribution in [3.8, 4) is 0 Å². The lowest BCUT2D eigenvalue weighted by molar-refractivity contribution is 0.0924. The summed E-state index contributed by atoms with van der Waals surface area (Å²) in [5.74, 6) is -1.17. The maximum absolute atomic E-state index is 12.5. The number of ketones is 2. The van der Waals surface area contributed by atoms with Crippen molar-refractivity contribution in [3.05, 3.63) is 64.7 Å². The maximum atomic E-state index is 12.5. The fourth-order valence-electron chi connectivity index (χ4n) is 2.54. The number of anilines is 1. The van der Waals surface area contributed by atoms with E-state index < -0.39 is 11.8 Å². The van der Waals surface area contributed by atoms with Gasteiger partial charge in [0.2, 0.25) is 0 Å². The number of nitrogens with zero attached hydrogens (tertiary/aromatic N) is 1. The van der Waals surface area contributed by atoms with Crippen molar-refractivity contribution in [3.63, 3.8) is 0 Å². The lowest BCUT2D eigenvalue weighted by Gasteiger charge is -2.13. The Bertz CT molecular complexity index is 865. The molecule has 0 saturated carbocycles. The van der Waals surface area contributed by atoms with Gasteiger partial charge >= 0.3 is 0 Å². The van der Waals surface area contributed by atoms with Crippen LogP contribution in [0.1, 0.15) is 55.3 Å². The van der Waals surface area contributed by atoms with Crippen LogP contribution in [0.5, 0.6) is 0 Å². The van der Waals surface area contributed by atoms with Gasteiger partial charge in [-0.25, -0.2) is 4.90 Å². The smallest absolute Gasteiger partial charge is 0.266 e. The molecule has 0 aliphatic carbocycles. The summed E-state index contributed by atoms with van der Waals surface area (Å²) in [6.45, 7) is 2.85. The number of benzene rings is 2. The van der Waals surface area contributed by atoms with Crippen LogP contribution in [0.2, 0.25) is 0 Å². The molecule has 0 unspecified atom stereocenters. The highest BCUT2D eigenvalue weighted by Crippen LogP contribution is 2.29. The lowest BCUT2D eigenvalue weighted by Crippen LogP contribution is -2.29. The standard InChI is InChI=1S/C18H13NO4/c1-10(20)12-3-6-14(7-4-12)19-17(22)15-8-5-13(11(2)21)9-16(15)18(19)23/h3-9H,1-2H3. The first kappa shape index (κ1) is 14.8. The maximum Gasteiger partial charge on any atom is 0.266 e. The van der Waals surface area contributed by atoms with Gasteiger partial charge in [0.25, 0.3) is 11.8 Å². The van der Waals surface area contributed by atoms with Crippen molar-refractivity contribution in [2.75, 3.05) is 4.90 Å². The molecule has 5 nitrogen and oxygen atoms in total. The highest BCUT2D eigenvalue weighted by molar-refractivity contribution is 6.34. The first-order valence-electron chi connectivity index (χ1n) is 7.05. The third-order valence-corrected chi connectivity index (χ3v) is 3.83. The van der Waals surface area contributed by atoms with Crippen LogP contribution in [-0.4, -0.2) is 23.4 Å². The summed E-state index contributed by atoms with van der Waals surface area (Å²) in [6.07, 6.45) is 0. The van der Waals surface area contributed by atoms with Crippen LogP contribution < -0.4 is 4.90 Å². The topological polar surface area (TPSA) is 71.5 Å². The van der Waals surface area contributed by atoms with Crippen molar-refractivity contribution >= 4 is 29.1 Å². The summed E-state index contributed by atoms with van der Waals surface area (Å²) in [5, 5.41) is 0. The summed E-state index contributed by atoms with van der Waals surface area (Å²) in [4.78, 5) is 48.8. The number of amides is 2. The molecule has 0 saturated heterocycles. The van der Waals surface area contributed by atoms with Gasteiger partial charge in [-0.2, -0.15) is 0 Å². The van der Waals surface area contributed by atoms with Crippen LogP contribution in [0.25, 0.3) is 0 Å². The van der Waals surface area contributed by atoms with Gasteiger partial charge < -0.3 is 0 Å². The third kappa shape index (κ3) is 2.36. The zero-order valence-electron chi connectivity index (χ0n) is 12.6. The Morgan fingerprint density at radius 3 is 1.83 bits per heavy atom. The first-order valence-corrected chi connectivity index (χ1v) is 7.05. The van der Waals surface area contributed by atoms with Crippen LogP contribution in [0.15, 0.2) is 42.5 Å². The third-order valence-electron chi connectivity index (χ3n) is 3.83. The van der Waals surface area contributed by atoms with E-state index in [2.05, 4.69) is 0 Å². The predicted molar refractivity (Wildman–Crippen MR) is 84.0 cm³/mol. The number of imide groups is 1. The SMILES string of the molecule is CC(=O)c1ccc(N2C(=O)c3ccc(C(C)=O)cc3C2=O)cc1. The van der Waals surface area contributed by atoms with Crippen LogP contribution in [0.4, 0.5) is 5.69 Å². The van der Waals surface area contributed by atoms with E-state index in [1.54, 1.807) is 24.3 Å². The van der Waals surface area contributed by atoms with Gasteiger partial charge in [-0.1, -0.05) is 6.07 Å². The van der Waals surface area contributed by atoms with Crippen molar-refractivity contribution in [2.24, 2.45) is 0 Å². The molecule has 1 aliphatic heterocycles. The fourth-order valence-corrected chi connectivity index (χ4v) is 2.54. The van der Waals surface area contributed by atoms with Gasteiger partial charge in [-0.3, -0.25) is 19.2 Å². The molecular weight excluding hydrogens is 294 g/mol. The van der Waals surface area contributed by atoms with E-state index in [4.69, 9.17) is 0 Å². The van der Waals surface area contributed by atoms with E-state index in [9.17, 15) is 19.2 Å². The molecule has 5 heteroatoms. The molecule has 0 radical (unpaired) electrons. The van der Waals surface area contributed by atoms with Crippen LogP contribution >= 0.6 is 0 Å². The summed E-state index contributed by atoms with van der Waals surface area (Å²) < 4.78 is 0. The second-order valence-electron chi connectivity index (χ2n) is 5.37. The van der Waals surface area contributed by atoms with Crippen LogP contribution in [-0.2, 0) is 0 Å². The second kappa shape index (κ2) is 5.28. The average molecular weight is 307 g/mol. The van der Waals surface area contributed by atoms with Crippen molar-refractivity contribution in [1.29, 1.82) is 0 Å². The minimum absolute atomic E-state index is 0.0926. The molecule has 2 aromatic rings. The Morgan fingerprint density at radius 1 is 0.739 bits per heavy atom. The molecule has 114 valence electrons. The van der Waals surface area contributed by atoms with E-state index in [0.29, 0.717) is 16.8 Å². The number of hydrogen-bond donors (Lipinski definition) is 0. The Morgan fingerprint density at radius 2 is 1.26 bits per heavy atom. The molecule has 2 amide bonds. The largest absolute Gasteiger partial charge is 0.295 e. The number of fused-ring (bicyclic) bond motifs is 1. The molecule has 1 heterocycles. The molecule has 0 spiro atoms. The van der Waals surface area contributed by atoms with E-state index in [-0.39, 0.29) is 22.7 Å². The lowest BCUT2D eigenvalue weighted by atomic mass is 10.0. The molecule has 0 atom stereocenters. The minimum Gasteiger partial charge on any atom is -0.295 e. The molecule has 0 aromatic heterocycles. The monoisotopic (exact) mass is 307 g/mol. The van der Waals surface area contributed by atoms with E-state index in [1.165, 1.54) is 32.0 Å². The Hall–Kier alpha value is -3.08. The predicted octanol–water partition coefficient (Wildman–Crippen LogP) is 2.89. The molecule has 0 bridgehead atoms.